The van der Waals surface area contributed by atoms with Gasteiger partial charge in [0.05, 0.1) is 13.0 Å². The Morgan fingerprint density at radius 3 is 2.80 bits per heavy atom. The smallest absolute Gasteiger partial charge is 0.310 e. The number of amides is 1. The van der Waals surface area contributed by atoms with Crippen LogP contribution >= 0.6 is 11.6 Å². The zero-order valence-corrected chi connectivity index (χ0v) is 12.0. The fraction of sp³-hybridized carbons (Fsp3) is 0.429. The Balaban J connectivity index is 2.14. The lowest BCUT2D eigenvalue weighted by Gasteiger charge is -2.31. The summed E-state index contributed by atoms with van der Waals surface area (Å²) in [6, 6.07) is 4.77. The van der Waals surface area contributed by atoms with E-state index in [1.165, 1.54) is 7.11 Å². The van der Waals surface area contributed by atoms with E-state index in [1.54, 1.807) is 23.1 Å². The van der Waals surface area contributed by atoms with E-state index in [9.17, 15) is 9.59 Å². The number of likely N-dealkylation sites (tertiary alicyclic amines) is 1. The van der Waals surface area contributed by atoms with Crippen molar-refractivity contribution >= 4 is 29.2 Å². The lowest BCUT2D eigenvalue weighted by molar-refractivity contribution is -0.146. The van der Waals surface area contributed by atoms with Crippen LogP contribution in [0.2, 0.25) is 5.02 Å². The highest BCUT2D eigenvalue weighted by molar-refractivity contribution is 6.31. The Labute approximate surface area is 122 Å². The first-order valence-corrected chi connectivity index (χ1v) is 6.82. The van der Waals surface area contributed by atoms with Gasteiger partial charge >= 0.3 is 5.97 Å². The second-order valence-electron chi connectivity index (χ2n) is 4.89. The molecule has 1 amide bonds. The number of benzene rings is 1. The molecule has 1 unspecified atom stereocenters. The molecule has 2 rings (SSSR count). The van der Waals surface area contributed by atoms with Gasteiger partial charge in [0.2, 0.25) is 0 Å². The van der Waals surface area contributed by atoms with Crippen LogP contribution in [0.4, 0.5) is 5.69 Å². The van der Waals surface area contributed by atoms with Gasteiger partial charge in [-0.15, -0.1) is 0 Å². The Morgan fingerprint density at radius 2 is 2.15 bits per heavy atom. The number of nitrogen functional groups attached to an aromatic ring is 1. The van der Waals surface area contributed by atoms with Crippen molar-refractivity contribution < 1.29 is 14.3 Å². The van der Waals surface area contributed by atoms with Crippen molar-refractivity contribution in [2.75, 3.05) is 25.9 Å². The molecule has 1 saturated heterocycles. The van der Waals surface area contributed by atoms with E-state index in [2.05, 4.69) is 0 Å². The minimum Gasteiger partial charge on any atom is -0.469 e. The lowest BCUT2D eigenvalue weighted by atomic mass is 9.97. The highest BCUT2D eigenvalue weighted by Gasteiger charge is 2.29. The first-order valence-electron chi connectivity index (χ1n) is 6.44. The van der Waals surface area contributed by atoms with Crippen molar-refractivity contribution in [1.29, 1.82) is 0 Å². The Bertz CT molecular complexity index is 513. The summed E-state index contributed by atoms with van der Waals surface area (Å²) in [4.78, 5) is 25.6. The molecule has 0 radical (unpaired) electrons. The largest absolute Gasteiger partial charge is 0.469 e. The van der Waals surface area contributed by atoms with Crippen LogP contribution in [0.15, 0.2) is 18.2 Å². The van der Waals surface area contributed by atoms with Crippen molar-refractivity contribution in [1.82, 2.24) is 4.90 Å². The van der Waals surface area contributed by atoms with Crippen LogP contribution in [0.3, 0.4) is 0 Å². The van der Waals surface area contributed by atoms with Crippen LogP contribution in [0.5, 0.6) is 0 Å². The third-order valence-corrected chi connectivity index (χ3v) is 3.63. The number of rotatable bonds is 2. The monoisotopic (exact) mass is 296 g/mol. The third kappa shape index (κ3) is 3.22. The molecular weight excluding hydrogens is 280 g/mol. The first-order chi connectivity index (χ1) is 9.51. The molecule has 2 N–H and O–H groups in total. The molecule has 0 aromatic heterocycles. The number of hydrogen-bond acceptors (Lipinski definition) is 4. The highest BCUT2D eigenvalue weighted by atomic mass is 35.5. The number of anilines is 1. The topological polar surface area (TPSA) is 72.6 Å². The summed E-state index contributed by atoms with van der Waals surface area (Å²) in [5.41, 5.74) is 6.59. The average molecular weight is 297 g/mol. The maximum Gasteiger partial charge on any atom is 0.310 e. The Hall–Kier alpha value is -1.75. The second kappa shape index (κ2) is 6.13. The predicted molar refractivity (Wildman–Crippen MR) is 76.5 cm³/mol. The Kier molecular flexibility index (Phi) is 4.49. The maximum atomic E-state index is 12.4. The summed E-state index contributed by atoms with van der Waals surface area (Å²) < 4.78 is 4.74. The zero-order chi connectivity index (χ0) is 14.7. The van der Waals surface area contributed by atoms with E-state index in [-0.39, 0.29) is 17.8 Å². The van der Waals surface area contributed by atoms with Gasteiger partial charge in [0.1, 0.15) is 0 Å². The van der Waals surface area contributed by atoms with E-state index >= 15 is 0 Å². The molecule has 0 saturated carbocycles. The second-order valence-corrected chi connectivity index (χ2v) is 5.32. The summed E-state index contributed by atoms with van der Waals surface area (Å²) in [7, 11) is 1.36. The van der Waals surface area contributed by atoms with Crippen LogP contribution in [0, 0.1) is 5.92 Å². The lowest BCUT2D eigenvalue weighted by Crippen LogP contribution is -2.42. The van der Waals surface area contributed by atoms with Crippen LogP contribution in [0.1, 0.15) is 23.2 Å². The average Bonchev–Trinajstić information content (AvgIpc) is 2.44. The molecule has 1 aromatic carbocycles. The summed E-state index contributed by atoms with van der Waals surface area (Å²) >= 11 is 5.91. The molecule has 1 fully saturated rings. The van der Waals surface area contributed by atoms with E-state index in [0.717, 1.165) is 12.8 Å². The number of nitrogens with zero attached hydrogens (tertiary/aromatic N) is 1. The predicted octanol–water partition coefficient (Wildman–Crippen LogP) is 1.95. The van der Waals surface area contributed by atoms with E-state index in [1.807, 2.05) is 0 Å². The first kappa shape index (κ1) is 14.7. The van der Waals surface area contributed by atoms with Crippen LogP contribution < -0.4 is 5.73 Å². The summed E-state index contributed by atoms with van der Waals surface area (Å²) in [6.45, 7) is 0.997. The minimum atomic E-state index is -0.270. The van der Waals surface area contributed by atoms with Gasteiger partial charge in [-0.05, 0) is 31.0 Å². The number of halogens is 1. The van der Waals surface area contributed by atoms with Crippen molar-refractivity contribution in [2.24, 2.45) is 5.92 Å². The molecule has 1 heterocycles. The van der Waals surface area contributed by atoms with Crippen molar-refractivity contribution in [3.63, 3.8) is 0 Å². The van der Waals surface area contributed by atoms with E-state index in [4.69, 9.17) is 22.1 Å². The van der Waals surface area contributed by atoms with Crippen molar-refractivity contribution in [3.8, 4) is 0 Å². The summed E-state index contributed by atoms with van der Waals surface area (Å²) in [6.07, 6.45) is 1.52. The number of piperidine rings is 1. The fourth-order valence-electron chi connectivity index (χ4n) is 2.44. The summed E-state index contributed by atoms with van der Waals surface area (Å²) in [5, 5.41) is 0.426. The molecule has 1 atom stereocenters. The molecule has 1 aliphatic rings. The number of nitrogens with two attached hydrogens (primary N) is 1. The molecular formula is C14H17ClN2O3. The van der Waals surface area contributed by atoms with Gasteiger partial charge in [-0.25, -0.2) is 0 Å². The summed E-state index contributed by atoms with van der Waals surface area (Å²) in [5.74, 6) is -0.685. The molecule has 20 heavy (non-hydrogen) atoms. The van der Waals surface area contributed by atoms with Crippen LogP contribution in [-0.4, -0.2) is 37.0 Å². The van der Waals surface area contributed by atoms with Gasteiger partial charge in [-0.2, -0.15) is 0 Å². The van der Waals surface area contributed by atoms with Gasteiger partial charge in [-0.1, -0.05) is 11.6 Å². The minimum absolute atomic E-state index is 0.159. The van der Waals surface area contributed by atoms with Crippen LogP contribution in [-0.2, 0) is 9.53 Å². The fourth-order valence-corrected chi connectivity index (χ4v) is 2.68. The molecule has 5 nitrogen and oxygen atoms in total. The molecule has 0 aliphatic carbocycles. The number of ether oxygens (including phenoxy) is 1. The number of methoxy groups -OCH3 is 1. The number of esters is 1. The number of carbonyl (C=O) groups is 2. The quantitative estimate of drug-likeness (QED) is 0.669. The highest BCUT2D eigenvalue weighted by Crippen LogP contribution is 2.22. The van der Waals surface area contributed by atoms with Crippen LogP contribution in [0.25, 0.3) is 0 Å². The maximum absolute atomic E-state index is 12.4. The zero-order valence-electron chi connectivity index (χ0n) is 11.3. The SMILES string of the molecule is COC(=O)C1CCCN(C(=O)c2cc(N)cc(Cl)c2)C1. The normalized spacial score (nSPS) is 18.7. The molecule has 0 bridgehead atoms. The molecule has 0 spiro atoms. The van der Waals surface area contributed by atoms with Crippen molar-refractivity contribution in [2.45, 2.75) is 12.8 Å². The molecule has 6 heteroatoms. The Morgan fingerprint density at radius 1 is 1.40 bits per heavy atom. The standard InChI is InChI=1S/C14H17ClN2O3/c1-20-14(19)9-3-2-4-17(8-9)13(18)10-5-11(15)7-12(16)6-10/h5-7,9H,2-4,8,16H2,1H3. The molecule has 1 aliphatic heterocycles. The van der Waals surface area contributed by atoms with Gasteiger partial charge in [0.25, 0.3) is 5.91 Å². The molecule has 1 aromatic rings. The van der Waals surface area contributed by atoms with E-state index < -0.39 is 0 Å². The van der Waals surface area contributed by atoms with Crippen molar-refractivity contribution in [3.05, 3.63) is 28.8 Å². The van der Waals surface area contributed by atoms with Gasteiger partial charge in [0.15, 0.2) is 0 Å². The third-order valence-electron chi connectivity index (χ3n) is 3.41. The van der Waals surface area contributed by atoms with Gasteiger partial charge < -0.3 is 15.4 Å². The number of carbonyl (C=O) groups excluding carboxylic acids is 2. The van der Waals surface area contributed by atoms with Gasteiger partial charge in [-0.3, -0.25) is 9.59 Å². The number of hydrogen-bond donors (Lipinski definition) is 1. The molecule has 108 valence electrons. The van der Waals surface area contributed by atoms with E-state index in [0.29, 0.717) is 29.4 Å². The van der Waals surface area contributed by atoms with Gasteiger partial charge in [0, 0.05) is 29.4 Å².